The monoisotopic (exact) mass is 1140 g/mol. The minimum atomic E-state index is -0.446. The molecule has 414 valence electrons. The first kappa shape index (κ1) is 63.5. The molecule has 6 aromatic rings. The van der Waals surface area contributed by atoms with Gasteiger partial charge in [0.2, 0.25) is 0 Å². The molecule has 0 bridgehead atoms. The molecule has 11 heteroatoms. The van der Waals surface area contributed by atoms with Crippen LogP contribution in [-0.2, 0) is 16.5 Å². The molecule has 0 saturated carbocycles. The second-order valence-electron chi connectivity index (χ2n) is 28.0. The minimum absolute atomic E-state index is 0. The summed E-state index contributed by atoms with van der Waals surface area (Å²) in [5.41, 5.74) is 10.4. The fraction of sp³-hybridized carbons (Fsp3) is 0.455. The van der Waals surface area contributed by atoms with Gasteiger partial charge >= 0.3 is 29.5 Å². The third kappa shape index (κ3) is 20.4. The number of anilines is 6. The van der Waals surface area contributed by atoms with Crippen LogP contribution in [0.2, 0.25) is 0 Å². The van der Waals surface area contributed by atoms with Crippen molar-refractivity contribution in [1.82, 2.24) is 0 Å². The molecular weight excluding hydrogens is 1050 g/mol. The molecule has 0 N–H and O–H groups in total. The molecule has 9 rings (SSSR count). The molecule has 0 aromatic heterocycles. The normalized spacial score (nSPS) is 14.4. The smallest absolute Gasteiger partial charge is 0.332 e. The molecule has 6 aromatic carbocycles. The summed E-state index contributed by atoms with van der Waals surface area (Å²) in [7, 11) is 1.78. The van der Waals surface area contributed by atoms with E-state index in [1.54, 1.807) is 0 Å². The number of rotatable bonds is 9. The minimum Gasteiger partial charge on any atom is -0.378 e. The van der Waals surface area contributed by atoms with Gasteiger partial charge in [0.25, 0.3) is 0 Å². The topological polar surface area (TPSA) is 19.4 Å². The molecule has 6 radical (unpaired) electrons. The zero-order valence-electron chi connectivity index (χ0n) is 50.3. The fourth-order valence-corrected chi connectivity index (χ4v) is 17.5. The Morgan fingerprint density at radius 3 is 0.532 bits per heavy atom. The number of hydrogen-bond acceptors (Lipinski definition) is 6. The largest absolute Gasteiger partial charge is 0.378 e. The van der Waals surface area contributed by atoms with Crippen LogP contribution in [0, 0.1) is 32.5 Å². The second-order valence-corrected chi connectivity index (χ2v) is 34.0. The number of hydrogen-bond donors (Lipinski definition) is 0. The average molecular weight is 1140 g/mol. The Kier molecular flexibility index (Phi) is 22.1. The standard InChI is InChI=1S/C18H15P.3C16H26N2Si.Ni/c1-4-10-16(11-5-1)19(17-12-6-2-7-13-17)18-14-8-3-9-15-18;3*1-15(2,3)11-17-13-9-7-8-10-14(13)18(19-17)12-16(4,5)6;/h1-15H;3*7-10H,11-12H2,1-6H3;. The van der Waals surface area contributed by atoms with E-state index in [0.29, 0.717) is 32.5 Å². The zero-order valence-corrected chi connectivity index (χ0v) is 55.2. The fourth-order valence-electron chi connectivity index (χ4n) is 9.27. The quantitative estimate of drug-likeness (QED) is 0.105. The molecule has 0 saturated heterocycles. The van der Waals surface area contributed by atoms with Gasteiger partial charge in [-0.2, -0.15) is 0 Å². The van der Waals surface area contributed by atoms with Gasteiger partial charge < -0.3 is 27.4 Å². The molecule has 3 heterocycles. The summed E-state index contributed by atoms with van der Waals surface area (Å²) in [4.78, 5) is 0. The van der Waals surface area contributed by atoms with Crippen molar-refractivity contribution in [2.75, 3.05) is 66.7 Å². The Morgan fingerprint density at radius 2 is 0.390 bits per heavy atom. The van der Waals surface area contributed by atoms with E-state index in [1.165, 1.54) is 50.0 Å². The van der Waals surface area contributed by atoms with Crippen LogP contribution in [0.3, 0.4) is 0 Å². The first-order valence-electron chi connectivity index (χ1n) is 27.6. The van der Waals surface area contributed by atoms with Crippen LogP contribution >= 0.6 is 7.92 Å². The molecule has 77 heavy (non-hydrogen) atoms. The Labute approximate surface area is 488 Å². The number of benzene rings is 6. The molecule has 3 aliphatic rings. The van der Waals surface area contributed by atoms with Crippen LogP contribution < -0.4 is 43.3 Å². The van der Waals surface area contributed by atoms with Crippen LogP contribution in [0.5, 0.6) is 0 Å². The Hall–Kier alpha value is -4.31. The van der Waals surface area contributed by atoms with Crippen molar-refractivity contribution in [3.8, 4) is 0 Å². The SMILES string of the molecule is CC(C)(C)CN1[Si]N(CC(C)(C)C)c2ccccc21.CC(C)(C)CN1[Si]N(CC(C)(C)C)c2ccccc21.CC(C)(C)CN1[Si]N(CC(C)(C)C)c2ccccc21.[Ni].c1ccc(P(c2ccccc2)c2ccccc2)cc1. The zero-order chi connectivity index (χ0) is 55.7. The summed E-state index contributed by atoms with van der Waals surface area (Å²) in [5.74, 6) is 0. The second kappa shape index (κ2) is 26.8. The predicted molar refractivity (Wildman–Crippen MR) is 343 cm³/mol. The summed E-state index contributed by atoms with van der Waals surface area (Å²) in [5, 5.41) is 4.19. The van der Waals surface area contributed by atoms with Gasteiger partial charge in [-0.3, -0.25) is 0 Å². The average Bonchev–Trinajstić information content (AvgIpc) is 3.94. The summed E-state index contributed by atoms with van der Waals surface area (Å²) in [6.45, 7) is 48.3. The van der Waals surface area contributed by atoms with Crippen molar-refractivity contribution in [2.24, 2.45) is 32.5 Å². The van der Waals surface area contributed by atoms with E-state index in [9.17, 15) is 0 Å². The molecule has 0 unspecified atom stereocenters. The van der Waals surface area contributed by atoms with Gasteiger partial charge in [-0.25, -0.2) is 0 Å². The number of nitrogens with zero attached hydrogens (tertiary/aromatic N) is 6. The van der Waals surface area contributed by atoms with E-state index >= 15 is 0 Å². The van der Waals surface area contributed by atoms with Crippen LogP contribution in [-0.4, -0.2) is 68.8 Å². The molecule has 6 nitrogen and oxygen atoms in total. The first-order valence-corrected chi connectivity index (χ1v) is 31.6. The summed E-state index contributed by atoms with van der Waals surface area (Å²) >= 11 is 0. The van der Waals surface area contributed by atoms with Crippen LogP contribution in [0.25, 0.3) is 0 Å². The third-order valence-electron chi connectivity index (χ3n) is 12.0. The van der Waals surface area contributed by atoms with Gasteiger partial charge in [0, 0.05) is 55.8 Å². The maximum absolute atomic E-state index is 2.54. The molecule has 0 amide bonds. The number of fused-ring (bicyclic) bond motifs is 3. The van der Waals surface area contributed by atoms with Gasteiger partial charge in [-0.05, 0) is 92.7 Å². The van der Waals surface area contributed by atoms with Crippen molar-refractivity contribution < 1.29 is 16.5 Å². The number of para-hydroxylation sites is 6. The van der Waals surface area contributed by atoms with E-state index in [1.807, 2.05) is 0 Å². The molecule has 0 fully saturated rings. The van der Waals surface area contributed by atoms with E-state index in [-0.39, 0.29) is 16.5 Å². The van der Waals surface area contributed by atoms with E-state index in [2.05, 4.69) is 316 Å². The molecule has 0 atom stereocenters. The van der Waals surface area contributed by atoms with Gasteiger partial charge in [0.15, 0.2) is 0 Å². The van der Waals surface area contributed by atoms with Crippen molar-refractivity contribution in [2.45, 2.75) is 125 Å². The Morgan fingerprint density at radius 1 is 0.247 bits per heavy atom. The third-order valence-corrected chi connectivity index (χ3v) is 18.2. The van der Waals surface area contributed by atoms with Gasteiger partial charge in [0.05, 0.1) is 34.1 Å². The van der Waals surface area contributed by atoms with Gasteiger partial charge in [-0.1, -0.05) is 252 Å². The molecule has 3 aliphatic heterocycles. The van der Waals surface area contributed by atoms with E-state index in [0.717, 1.165) is 68.8 Å². The van der Waals surface area contributed by atoms with Crippen LogP contribution in [0.15, 0.2) is 164 Å². The van der Waals surface area contributed by atoms with Crippen LogP contribution in [0.4, 0.5) is 34.1 Å². The van der Waals surface area contributed by atoms with Crippen molar-refractivity contribution in [3.63, 3.8) is 0 Å². The van der Waals surface area contributed by atoms with E-state index in [4.69, 9.17) is 0 Å². The van der Waals surface area contributed by atoms with Gasteiger partial charge in [-0.15, -0.1) is 0 Å². The predicted octanol–water partition coefficient (Wildman–Crippen LogP) is 15.3. The molecule has 0 aliphatic carbocycles. The molecule has 0 spiro atoms. The van der Waals surface area contributed by atoms with Crippen molar-refractivity contribution >= 4 is 87.5 Å². The van der Waals surface area contributed by atoms with E-state index < -0.39 is 7.92 Å². The Bertz CT molecular complexity index is 2280. The Balaban J connectivity index is 0.000000189. The van der Waals surface area contributed by atoms with Crippen LogP contribution in [0.1, 0.15) is 125 Å². The maximum atomic E-state index is 2.54. The van der Waals surface area contributed by atoms with Crippen molar-refractivity contribution in [3.05, 3.63) is 164 Å². The van der Waals surface area contributed by atoms with Gasteiger partial charge in [0.1, 0.15) is 0 Å². The molecular formula is C66H93N6NiPSi3. The summed E-state index contributed by atoms with van der Waals surface area (Å²) < 4.78 is 15.3. The first-order chi connectivity index (χ1) is 35.4. The van der Waals surface area contributed by atoms with Crippen molar-refractivity contribution in [1.29, 1.82) is 0 Å². The summed E-state index contributed by atoms with van der Waals surface area (Å²) in [6.07, 6.45) is 0. The summed E-state index contributed by atoms with van der Waals surface area (Å²) in [6, 6.07) is 58.8. The maximum Gasteiger partial charge on any atom is 0.332 e.